The van der Waals surface area contributed by atoms with E-state index >= 15 is 0 Å². The molecule has 4 heterocycles. The van der Waals surface area contributed by atoms with Crippen molar-refractivity contribution in [3.05, 3.63) is 34.8 Å². The Balaban J connectivity index is 1.29. The van der Waals surface area contributed by atoms with Crippen LogP contribution in [-0.4, -0.2) is 55.0 Å². The third-order valence-electron chi connectivity index (χ3n) is 6.02. The molecule has 0 aromatic carbocycles. The summed E-state index contributed by atoms with van der Waals surface area (Å²) in [5.74, 6) is 1.02. The summed E-state index contributed by atoms with van der Waals surface area (Å²) in [6.07, 6.45) is 6.73. The van der Waals surface area contributed by atoms with Gasteiger partial charge in [-0.3, -0.25) is 4.79 Å². The average molecular weight is 383 g/mol. The highest BCUT2D eigenvalue weighted by atomic mass is 32.1. The minimum Gasteiger partial charge on any atom is -0.353 e. The van der Waals surface area contributed by atoms with E-state index < -0.39 is 0 Å². The fourth-order valence-corrected chi connectivity index (χ4v) is 5.04. The highest BCUT2D eigenvalue weighted by Crippen LogP contribution is 2.57. The van der Waals surface area contributed by atoms with Gasteiger partial charge in [-0.2, -0.15) is 15.9 Å². The Kier molecular flexibility index (Phi) is 3.85. The second-order valence-corrected chi connectivity index (χ2v) is 8.33. The Morgan fingerprint density at radius 2 is 2.26 bits per heavy atom. The number of carbonyl (C=O) groups is 1. The molecule has 27 heavy (non-hydrogen) atoms. The van der Waals surface area contributed by atoms with Crippen molar-refractivity contribution >= 4 is 28.7 Å². The maximum atomic E-state index is 12.3. The molecule has 0 N–H and O–H groups in total. The van der Waals surface area contributed by atoms with Crippen LogP contribution in [0.3, 0.4) is 0 Å². The standard InChI is InChI=1S/C18H21N7OS/c1-13(26)24(11-14-2-9-27-12-14)15-10-18(15)3-6-23(7-4-18)16-17-20-21-22-25(17)8-5-19-16/h2,5,8-9,12,15H,3-4,6-7,10-11H2,1H3. The lowest BCUT2D eigenvalue weighted by molar-refractivity contribution is -0.130. The fourth-order valence-electron chi connectivity index (χ4n) is 4.38. The van der Waals surface area contributed by atoms with Crippen LogP contribution in [0, 0.1) is 5.41 Å². The number of fused-ring (bicyclic) bond motifs is 1. The maximum absolute atomic E-state index is 12.3. The fraction of sp³-hybridized carbons (Fsp3) is 0.500. The van der Waals surface area contributed by atoms with Crippen LogP contribution in [0.1, 0.15) is 31.7 Å². The van der Waals surface area contributed by atoms with Crippen LogP contribution in [0.15, 0.2) is 29.2 Å². The van der Waals surface area contributed by atoms with Crippen molar-refractivity contribution in [1.82, 2.24) is 29.9 Å². The van der Waals surface area contributed by atoms with Crippen LogP contribution >= 0.6 is 11.3 Å². The molecule has 9 heteroatoms. The summed E-state index contributed by atoms with van der Waals surface area (Å²) in [7, 11) is 0. The Morgan fingerprint density at radius 1 is 1.41 bits per heavy atom. The molecule has 2 aliphatic rings. The van der Waals surface area contributed by atoms with Crippen molar-refractivity contribution in [2.75, 3.05) is 18.0 Å². The van der Waals surface area contributed by atoms with E-state index in [-0.39, 0.29) is 11.3 Å². The molecule has 5 rings (SSSR count). The van der Waals surface area contributed by atoms with Gasteiger partial charge < -0.3 is 9.80 Å². The predicted octanol–water partition coefficient (Wildman–Crippen LogP) is 1.99. The van der Waals surface area contributed by atoms with Gasteiger partial charge >= 0.3 is 0 Å². The van der Waals surface area contributed by atoms with Gasteiger partial charge in [0, 0.05) is 38.8 Å². The zero-order valence-corrected chi connectivity index (χ0v) is 16.0. The van der Waals surface area contributed by atoms with E-state index in [0.29, 0.717) is 11.7 Å². The Morgan fingerprint density at radius 3 is 3.00 bits per heavy atom. The Labute approximate surface area is 160 Å². The zero-order chi connectivity index (χ0) is 18.4. The topological polar surface area (TPSA) is 79.5 Å². The first-order valence-corrected chi connectivity index (χ1v) is 10.2. The molecule has 1 aliphatic carbocycles. The Bertz CT molecular complexity index is 961. The van der Waals surface area contributed by atoms with Crippen LogP contribution in [0.4, 0.5) is 5.82 Å². The van der Waals surface area contributed by atoms with Gasteiger partial charge in [-0.05, 0) is 57.5 Å². The first kappa shape index (κ1) is 16.6. The van der Waals surface area contributed by atoms with E-state index in [9.17, 15) is 4.79 Å². The predicted molar refractivity (Wildman–Crippen MR) is 101 cm³/mol. The number of nitrogens with zero attached hydrogens (tertiary/aromatic N) is 7. The van der Waals surface area contributed by atoms with Gasteiger partial charge in [-0.25, -0.2) is 4.98 Å². The largest absolute Gasteiger partial charge is 0.353 e. The summed E-state index contributed by atoms with van der Waals surface area (Å²) in [6, 6.07) is 2.47. The van der Waals surface area contributed by atoms with Gasteiger partial charge in [0.2, 0.25) is 11.6 Å². The molecular weight excluding hydrogens is 362 g/mol. The van der Waals surface area contributed by atoms with Crippen molar-refractivity contribution in [3.63, 3.8) is 0 Å². The van der Waals surface area contributed by atoms with Gasteiger partial charge in [0.05, 0.1) is 6.20 Å². The van der Waals surface area contributed by atoms with Crippen LogP contribution in [-0.2, 0) is 11.3 Å². The molecule has 1 saturated heterocycles. The van der Waals surface area contributed by atoms with E-state index in [0.717, 1.165) is 44.7 Å². The molecule has 1 amide bonds. The van der Waals surface area contributed by atoms with Gasteiger partial charge in [-0.15, -0.1) is 5.10 Å². The SMILES string of the molecule is CC(=O)N(Cc1ccsc1)C1CC12CCN(c1nccn3nnnc13)CC2. The van der Waals surface area contributed by atoms with Gasteiger partial charge in [0.15, 0.2) is 5.82 Å². The molecule has 1 saturated carbocycles. The molecule has 140 valence electrons. The molecular formula is C18H21N7OS. The second kappa shape index (κ2) is 6.26. The molecule has 3 aromatic heterocycles. The quantitative estimate of drug-likeness (QED) is 0.685. The number of tetrazole rings is 1. The first-order valence-electron chi connectivity index (χ1n) is 9.22. The molecule has 0 bridgehead atoms. The number of carbonyl (C=O) groups excluding carboxylic acids is 1. The molecule has 1 unspecified atom stereocenters. The van der Waals surface area contributed by atoms with E-state index in [2.05, 4.69) is 47.1 Å². The number of aromatic nitrogens is 5. The number of thiophene rings is 1. The second-order valence-electron chi connectivity index (χ2n) is 7.55. The number of hydrogen-bond donors (Lipinski definition) is 0. The third-order valence-corrected chi connectivity index (χ3v) is 6.75. The number of hydrogen-bond acceptors (Lipinski definition) is 7. The van der Waals surface area contributed by atoms with E-state index in [1.165, 1.54) is 5.56 Å². The summed E-state index contributed by atoms with van der Waals surface area (Å²) < 4.78 is 1.66. The maximum Gasteiger partial charge on any atom is 0.221 e. The number of rotatable bonds is 4. The number of piperidine rings is 1. The number of amides is 1. The molecule has 1 aliphatic heterocycles. The normalized spacial score (nSPS) is 20.9. The molecule has 1 spiro atoms. The van der Waals surface area contributed by atoms with Crippen LogP contribution in [0.25, 0.3) is 5.65 Å². The summed E-state index contributed by atoms with van der Waals surface area (Å²) >= 11 is 1.68. The van der Waals surface area contributed by atoms with Gasteiger partial charge in [-0.1, -0.05) is 0 Å². The molecule has 1 atom stereocenters. The van der Waals surface area contributed by atoms with Crippen LogP contribution in [0.5, 0.6) is 0 Å². The van der Waals surface area contributed by atoms with Crippen molar-refractivity contribution in [1.29, 1.82) is 0 Å². The minimum absolute atomic E-state index is 0.173. The third kappa shape index (κ3) is 2.86. The minimum atomic E-state index is 0.173. The average Bonchev–Trinajstić information content (AvgIpc) is 3.09. The van der Waals surface area contributed by atoms with Crippen LogP contribution < -0.4 is 4.90 Å². The summed E-state index contributed by atoms with van der Waals surface area (Å²) in [5.41, 5.74) is 2.18. The lowest BCUT2D eigenvalue weighted by atomic mass is 9.92. The van der Waals surface area contributed by atoms with E-state index in [1.807, 2.05) is 0 Å². The lowest BCUT2D eigenvalue weighted by Gasteiger charge is -2.35. The molecule has 0 radical (unpaired) electrons. The van der Waals surface area contributed by atoms with Crippen molar-refractivity contribution < 1.29 is 4.79 Å². The first-order chi connectivity index (χ1) is 13.2. The highest BCUT2D eigenvalue weighted by Gasteiger charge is 2.58. The monoisotopic (exact) mass is 383 g/mol. The smallest absolute Gasteiger partial charge is 0.221 e. The van der Waals surface area contributed by atoms with E-state index in [4.69, 9.17) is 0 Å². The molecule has 2 fully saturated rings. The van der Waals surface area contributed by atoms with Gasteiger partial charge in [0.25, 0.3) is 0 Å². The highest BCUT2D eigenvalue weighted by molar-refractivity contribution is 7.07. The number of anilines is 1. The van der Waals surface area contributed by atoms with E-state index in [1.54, 1.807) is 35.2 Å². The molecule has 3 aromatic rings. The summed E-state index contributed by atoms with van der Waals surface area (Å²) in [4.78, 5) is 21.1. The Hall–Kier alpha value is -2.55. The van der Waals surface area contributed by atoms with Crippen molar-refractivity contribution in [3.8, 4) is 0 Å². The lowest BCUT2D eigenvalue weighted by Crippen LogP contribution is -2.40. The zero-order valence-electron chi connectivity index (χ0n) is 15.2. The van der Waals surface area contributed by atoms with Crippen molar-refractivity contribution in [2.24, 2.45) is 5.41 Å². The molecule has 8 nitrogen and oxygen atoms in total. The van der Waals surface area contributed by atoms with Crippen LogP contribution in [0.2, 0.25) is 0 Å². The van der Waals surface area contributed by atoms with Gasteiger partial charge in [0.1, 0.15) is 0 Å². The van der Waals surface area contributed by atoms with Crippen molar-refractivity contribution in [2.45, 2.75) is 38.8 Å². The summed E-state index contributed by atoms with van der Waals surface area (Å²) in [5, 5.41) is 16.0. The summed E-state index contributed by atoms with van der Waals surface area (Å²) in [6.45, 7) is 4.25.